The van der Waals surface area contributed by atoms with E-state index in [1.807, 2.05) is 18.2 Å². The molecule has 0 saturated heterocycles. The second-order valence-corrected chi connectivity index (χ2v) is 17.2. The summed E-state index contributed by atoms with van der Waals surface area (Å²) in [6.45, 7) is 0. The highest BCUT2D eigenvalue weighted by Gasteiger charge is 2.48. The van der Waals surface area contributed by atoms with Gasteiger partial charge in [-0.2, -0.15) is 0 Å². The molecule has 0 fully saturated rings. The van der Waals surface area contributed by atoms with Crippen LogP contribution in [0.4, 0.5) is 0 Å². The largest absolute Gasteiger partial charge is 0.449 e. The lowest BCUT2D eigenvalue weighted by molar-refractivity contribution is 0.361. The molecule has 314 valence electrons. The van der Waals surface area contributed by atoms with Crippen LogP contribution in [-0.4, -0.2) is 9.97 Å². The van der Waals surface area contributed by atoms with Crippen molar-refractivity contribution in [2.75, 3.05) is 0 Å². The first kappa shape index (κ1) is 38.6. The minimum atomic E-state index is -0.538. The first-order chi connectivity index (χ1) is 33.2. The van der Waals surface area contributed by atoms with Crippen molar-refractivity contribution in [2.45, 2.75) is 5.41 Å². The summed E-state index contributed by atoms with van der Waals surface area (Å²) in [4.78, 5) is 10.5. The maximum absolute atomic E-state index is 7.03. The van der Waals surface area contributed by atoms with Gasteiger partial charge in [0.1, 0.15) is 0 Å². The predicted octanol–water partition coefficient (Wildman–Crippen LogP) is 16.2. The Morgan fingerprint density at radius 1 is 0.313 bits per heavy atom. The van der Waals surface area contributed by atoms with E-state index in [1.54, 1.807) is 0 Å². The molecule has 0 saturated carbocycles. The third-order valence-electron chi connectivity index (χ3n) is 13.5. The Bertz CT molecular complexity index is 3630. The van der Waals surface area contributed by atoms with Gasteiger partial charge < -0.3 is 9.47 Å². The average molecular weight is 857 g/mol. The van der Waals surface area contributed by atoms with E-state index in [2.05, 4.69) is 224 Å². The third-order valence-corrected chi connectivity index (χ3v) is 13.5. The van der Waals surface area contributed by atoms with Crippen LogP contribution in [-0.2, 0) is 5.41 Å². The van der Waals surface area contributed by atoms with Crippen molar-refractivity contribution in [1.29, 1.82) is 0 Å². The summed E-state index contributed by atoms with van der Waals surface area (Å²) in [5.74, 6) is 3.46. The number of hydrogen-bond donors (Lipinski definition) is 0. The van der Waals surface area contributed by atoms with Crippen LogP contribution in [0.1, 0.15) is 22.3 Å². The minimum Gasteiger partial charge on any atom is -0.449 e. The number of benzene rings is 10. The van der Waals surface area contributed by atoms with Crippen LogP contribution in [0.5, 0.6) is 23.0 Å². The van der Waals surface area contributed by atoms with Gasteiger partial charge in [-0.25, -0.2) is 9.97 Å². The lowest BCUT2D eigenvalue weighted by Gasteiger charge is -2.34. The van der Waals surface area contributed by atoms with Crippen LogP contribution in [0.25, 0.3) is 78.1 Å². The van der Waals surface area contributed by atoms with E-state index in [4.69, 9.17) is 19.4 Å². The lowest BCUT2D eigenvalue weighted by Crippen LogP contribution is -2.28. The molecule has 0 unspecified atom stereocenters. The van der Waals surface area contributed by atoms with E-state index in [0.29, 0.717) is 23.1 Å². The average Bonchev–Trinajstić information content (AvgIpc) is 3.72. The zero-order chi connectivity index (χ0) is 44.3. The molecule has 2 heterocycles. The predicted molar refractivity (Wildman–Crippen MR) is 271 cm³/mol. The summed E-state index contributed by atoms with van der Waals surface area (Å²) in [6, 6.07) is 85.2. The normalized spacial score (nSPS) is 12.8. The molecule has 0 spiro atoms. The Morgan fingerprint density at radius 2 is 0.806 bits per heavy atom. The molecule has 0 amide bonds. The quantitative estimate of drug-likeness (QED) is 0.160. The Labute approximate surface area is 389 Å². The van der Waals surface area contributed by atoms with Crippen LogP contribution in [0, 0.1) is 0 Å². The number of hydrogen-bond acceptors (Lipinski definition) is 4. The molecule has 1 aromatic heterocycles. The number of nitrogens with zero attached hydrogens (tertiary/aromatic N) is 2. The fourth-order valence-electron chi connectivity index (χ4n) is 10.5. The summed E-state index contributed by atoms with van der Waals surface area (Å²) in [5, 5.41) is 2.27. The first-order valence-corrected chi connectivity index (χ1v) is 22.7. The molecule has 13 rings (SSSR count). The van der Waals surface area contributed by atoms with Gasteiger partial charge in [0.25, 0.3) is 0 Å². The van der Waals surface area contributed by atoms with Gasteiger partial charge >= 0.3 is 0 Å². The highest BCUT2D eigenvalue weighted by Crippen LogP contribution is 2.62. The summed E-state index contributed by atoms with van der Waals surface area (Å²) in [5.41, 5.74) is 15.5. The molecular weight excluding hydrogens is 817 g/mol. The fraction of sp³-hybridized carbons (Fsp3) is 0.0159. The van der Waals surface area contributed by atoms with Crippen LogP contribution in [0.2, 0.25) is 0 Å². The molecular formula is C63H40N2O2. The van der Waals surface area contributed by atoms with Gasteiger partial charge in [0.15, 0.2) is 28.8 Å². The van der Waals surface area contributed by atoms with Crippen molar-refractivity contribution in [1.82, 2.24) is 9.97 Å². The molecule has 4 heteroatoms. The Morgan fingerprint density at radius 3 is 1.49 bits per heavy atom. The van der Waals surface area contributed by atoms with E-state index in [1.165, 1.54) is 33.4 Å². The Kier molecular flexibility index (Phi) is 9.04. The number of rotatable bonds is 7. The summed E-state index contributed by atoms with van der Waals surface area (Å²) < 4.78 is 14.0. The maximum Gasteiger partial charge on any atom is 0.178 e. The summed E-state index contributed by atoms with van der Waals surface area (Å²) in [6.07, 6.45) is 0. The molecule has 2 aliphatic rings. The van der Waals surface area contributed by atoms with Crippen molar-refractivity contribution in [3.05, 3.63) is 265 Å². The molecule has 11 aromatic rings. The molecule has 1 aliphatic carbocycles. The van der Waals surface area contributed by atoms with Crippen molar-refractivity contribution in [2.24, 2.45) is 0 Å². The van der Waals surface area contributed by atoms with Gasteiger partial charge in [0, 0.05) is 27.8 Å². The van der Waals surface area contributed by atoms with Crippen molar-refractivity contribution < 1.29 is 9.47 Å². The molecule has 10 aromatic carbocycles. The summed E-state index contributed by atoms with van der Waals surface area (Å²) in [7, 11) is 0. The monoisotopic (exact) mass is 856 g/mol. The van der Waals surface area contributed by atoms with Crippen LogP contribution >= 0.6 is 0 Å². The topological polar surface area (TPSA) is 44.2 Å². The molecule has 0 N–H and O–H groups in total. The lowest BCUT2D eigenvalue weighted by atomic mass is 9.68. The number of para-hydroxylation sites is 1. The second-order valence-electron chi connectivity index (χ2n) is 17.2. The van der Waals surface area contributed by atoms with Gasteiger partial charge in [0.05, 0.1) is 16.8 Å². The highest BCUT2D eigenvalue weighted by atomic mass is 16.6. The zero-order valence-corrected chi connectivity index (χ0v) is 36.3. The van der Waals surface area contributed by atoms with Crippen molar-refractivity contribution in [3.8, 4) is 90.3 Å². The van der Waals surface area contributed by atoms with Crippen molar-refractivity contribution in [3.63, 3.8) is 0 Å². The van der Waals surface area contributed by atoms with E-state index < -0.39 is 5.41 Å². The van der Waals surface area contributed by atoms with Crippen LogP contribution < -0.4 is 9.47 Å². The van der Waals surface area contributed by atoms with Crippen molar-refractivity contribution >= 4 is 10.8 Å². The molecule has 0 atom stereocenters. The number of fused-ring (bicyclic) bond motifs is 7. The highest BCUT2D eigenvalue weighted by molar-refractivity contribution is 6.04. The number of ether oxygens (including phenoxy) is 2. The van der Waals surface area contributed by atoms with E-state index >= 15 is 0 Å². The van der Waals surface area contributed by atoms with Gasteiger partial charge in [0.2, 0.25) is 0 Å². The van der Waals surface area contributed by atoms with Gasteiger partial charge in [-0.1, -0.05) is 218 Å². The van der Waals surface area contributed by atoms with E-state index in [-0.39, 0.29) is 0 Å². The van der Waals surface area contributed by atoms with E-state index in [9.17, 15) is 0 Å². The molecule has 0 bridgehead atoms. The SMILES string of the molecule is c1ccc(-c2cc(-c3ccc(-c4cccc5c4Oc4ccc6c(c4O5)-c4ccccc4C6(c4ccccc4)c4ccccc4)cc3)nc(-c3ccc(-c4ccccc4)c4ccccc34)n2)cc1. The van der Waals surface area contributed by atoms with Crippen LogP contribution in [0.15, 0.2) is 243 Å². The number of aromatic nitrogens is 2. The van der Waals surface area contributed by atoms with Gasteiger partial charge in [-0.15, -0.1) is 0 Å². The van der Waals surface area contributed by atoms with Gasteiger partial charge in [-0.3, -0.25) is 0 Å². The van der Waals surface area contributed by atoms with E-state index in [0.717, 1.165) is 66.9 Å². The zero-order valence-electron chi connectivity index (χ0n) is 36.3. The standard InChI is InChI=1S/C63H40N2O2/c1-5-18-41(19-6-1)47-36-37-51(50-27-14-13-26-49(47)50)62-64-55(43-20-7-2-8-21-43)40-56(65-62)44-34-32-42(33-35-44)48-29-17-31-57-60(48)66-58-39-38-54-59(61(58)67-57)52-28-15-16-30-53(52)63(54,45-22-9-3-10-23-45)46-24-11-4-12-25-46/h1-40H. The van der Waals surface area contributed by atoms with Crippen LogP contribution in [0.3, 0.4) is 0 Å². The first-order valence-electron chi connectivity index (χ1n) is 22.7. The maximum atomic E-state index is 7.03. The van der Waals surface area contributed by atoms with Gasteiger partial charge in [-0.05, 0) is 79.5 Å². The second kappa shape index (κ2) is 15.7. The third kappa shape index (κ3) is 6.22. The summed E-state index contributed by atoms with van der Waals surface area (Å²) >= 11 is 0. The molecule has 4 nitrogen and oxygen atoms in total. The molecule has 1 aliphatic heterocycles. The Balaban J connectivity index is 0.887. The Hall–Kier alpha value is -8.86. The minimum absolute atomic E-state index is 0.538. The smallest absolute Gasteiger partial charge is 0.178 e. The fourth-order valence-corrected chi connectivity index (χ4v) is 10.5. The molecule has 0 radical (unpaired) electrons. The molecule has 67 heavy (non-hydrogen) atoms.